The number of carbonyl (C=O) groups excluding carboxylic acids is 1. The van der Waals surface area contributed by atoms with Crippen LogP contribution in [0.4, 0.5) is 5.69 Å². The zero-order chi connectivity index (χ0) is 17.0. The van der Waals surface area contributed by atoms with Crippen LogP contribution in [0, 0.1) is 6.92 Å². The number of carbonyl (C=O) groups is 1. The largest absolute Gasteiger partial charge is 0.383 e. The number of hydrogen-bond donors (Lipinski definition) is 2. The van der Waals surface area contributed by atoms with E-state index in [4.69, 9.17) is 11.6 Å². The van der Waals surface area contributed by atoms with Crippen molar-refractivity contribution < 1.29 is 4.79 Å². The fourth-order valence-corrected chi connectivity index (χ4v) is 3.29. The first-order valence-corrected chi connectivity index (χ1v) is 8.68. The smallest absolute Gasteiger partial charge is 0.230 e. The molecule has 2 aromatic rings. The van der Waals surface area contributed by atoms with E-state index in [2.05, 4.69) is 15.6 Å². The summed E-state index contributed by atoms with van der Waals surface area (Å²) < 4.78 is 0. The third-order valence-corrected chi connectivity index (χ3v) is 5.04. The Kier molecular flexibility index (Phi) is 5.05. The van der Waals surface area contributed by atoms with Gasteiger partial charge in [-0.25, -0.2) is 0 Å². The van der Waals surface area contributed by atoms with E-state index < -0.39 is 0 Å². The van der Waals surface area contributed by atoms with Crippen molar-refractivity contribution in [3.63, 3.8) is 0 Å². The summed E-state index contributed by atoms with van der Waals surface area (Å²) in [5, 5.41) is 7.11. The van der Waals surface area contributed by atoms with Crippen molar-refractivity contribution in [1.29, 1.82) is 0 Å². The molecule has 0 spiro atoms. The molecule has 5 heteroatoms. The zero-order valence-corrected chi connectivity index (χ0v) is 14.6. The first-order chi connectivity index (χ1) is 11.6. The van der Waals surface area contributed by atoms with Crippen LogP contribution in [-0.4, -0.2) is 24.0 Å². The van der Waals surface area contributed by atoms with E-state index in [0.29, 0.717) is 18.1 Å². The Labute approximate surface area is 147 Å². The molecule has 0 radical (unpaired) electrons. The Bertz CT molecular complexity index is 711. The van der Waals surface area contributed by atoms with E-state index in [9.17, 15) is 4.79 Å². The van der Waals surface area contributed by atoms with Gasteiger partial charge in [0.05, 0.1) is 5.41 Å². The highest BCUT2D eigenvalue weighted by Crippen LogP contribution is 2.44. The van der Waals surface area contributed by atoms with E-state index in [-0.39, 0.29) is 11.3 Å². The average molecular weight is 344 g/mol. The van der Waals surface area contributed by atoms with Gasteiger partial charge in [-0.15, -0.1) is 0 Å². The molecule has 0 saturated heterocycles. The zero-order valence-electron chi connectivity index (χ0n) is 13.8. The van der Waals surface area contributed by atoms with E-state index in [0.717, 1.165) is 36.1 Å². The van der Waals surface area contributed by atoms with Crippen molar-refractivity contribution in [1.82, 2.24) is 10.3 Å². The maximum absolute atomic E-state index is 12.7. The van der Waals surface area contributed by atoms with Crippen LogP contribution in [0.5, 0.6) is 0 Å². The molecule has 1 fully saturated rings. The minimum atomic E-state index is -0.378. The summed E-state index contributed by atoms with van der Waals surface area (Å²) in [6.45, 7) is 3.29. The predicted octanol–water partition coefficient (Wildman–Crippen LogP) is 3.69. The van der Waals surface area contributed by atoms with Crippen molar-refractivity contribution in [2.75, 3.05) is 18.4 Å². The van der Waals surface area contributed by atoms with Gasteiger partial charge in [0.15, 0.2) is 0 Å². The first kappa shape index (κ1) is 16.8. The summed E-state index contributed by atoms with van der Waals surface area (Å²) in [6.07, 6.45) is 6.47. The molecule has 1 amide bonds. The fraction of sp³-hybridized carbons (Fsp3) is 0.368. The van der Waals surface area contributed by atoms with Gasteiger partial charge in [0.1, 0.15) is 0 Å². The molecule has 0 atom stereocenters. The molecule has 0 aliphatic heterocycles. The lowest BCUT2D eigenvalue weighted by Gasteiger charge is -2.40. The van der Waals surface area contributed by atoms with Crippen molar-refractivity contribution in [3.05, 3.63) is 58.9 Å². The SMILES string of the molecule is Cc1cnccc1NCCNC(=O)C1(c2ccc(Cl)cc2)CCC1. The Morgan fingerprint density at radius 3 is 2.58 bits per heavy atom. The van der Waals surface area contributed by atoms with Crippen LogP contribution >= 0.6 is 11.6 Å². The van der Waals surface area contributed by atoms with Crippen molar-refractivity contribution in [2.45, 2.75) is 31.6 Å². The monoisotopic (exact) mass is 343 g/mol. The molecule has 2 N–H and O–H groups in total. The summed E-state index contributed by atoms with van der Waals surface area (Å²) in [6, 6.07) is 9.60. The fourth-order valence-electron chi connectivity index (χ4n) is 3.16. The molecular formula is C19H22ClN3O. The topological polar surface area (TPSA) is 54.0 Å². The molecule has 3 rings (SSSR count). The van der Waals surface area contributed by atoms with Crippen LogP contribution in [0.3, 0.4) is 0 Å². The minimum absolute atomic E-state index is 0.115. The summed E-state index contributed by atoms with van der Waals surface area (Å²) in [7, 11) is 0. The number of hydrogen-bond acceptors (Lipinski definition) is 3. The number of nitrogens with zero attached hydrogens (tertiary/aromatic N) is 1. The second-order valence-electron chi connectivity index (χ2n) is 6.32. The van der Waals surface area contributed by atoms with Crippen LogP contribution in [0.15, 0.2) is 42.7 Å². The quantitative estimate of drug-likeness (QED) is 0.786. The van der Waals surface area contributed by atoms with Crippen molar-refractivity contribution in [2.24, 2.45) is 0 Å². The van der Waals surface area contributed by atoms with Gasteiger partial charge in [0.25, 0.3) is 0 Å². The van der Waals surface area contributed by atoms with Gasteiger partial charge in [-0.05, 0) is 49.1 Å². The van der Waals surface area contributed by atoms with Crippen LogP contribution in [-0.2, 0) is 10.2 Å². The lowest BCUT2D eigenvalue weighted by Crippen LogP contribution is -2.50. The summed E-state index contributed by atoms with van der Waals surface area (Å²) in [5.74, 6) is 0.115. The maximum Gasteiger partial charge on any atom is 0.230 e. The Morgan fingerprint density at radius 2 is 1.96 bits per heavy atom. The highest BCUT2D eigenvalue weighted by molar-refractivity contribution is 6.30. The molecule has 1 aromatic heterocycles. The van der Waals surface area contributed by atoms with Gasteiger partial charge in [0, 0.05) is 36.2 Å². The van der Waals surface area contributed by atoms with Gasteiger partial charge < -0.3 is 10.6 Å². The first-order valence-electron chi connectivity index (χ1n) is 8.31. The lowest BCUT2D eigenvalue weighted by molar-refractivity contribution is -0.129. The van der Waals surface area contributed by atoms with E-state index in [1.807, 2.05) is 43.5 Å². The molecular weight excluding hydrogens is 322 g/mol. The van der Waals surface area contributed by atoms with Crippen LogP contribution in [0.1, 0.15) is 30.4 Å². The lowest BCUT2D eigenvalue weighted by atomic mass is 9.64. The Morgan fingerprint density at radius 1 is 1.21 bits per heavy atom. The molecule has 4 nitrogen and oxygen atoms in total. The number of halogens is 1. The number of aryl methyl sites for hydroxylation is 1. The highest BCUT2D eigenvalue weighted by Gasteiger charge is 2.45. The molecule has 1 aliphatic rings. The number of rotatable bonds is 6. The number of aromatic nitrogens is 1. The normalized spacial score (nSPS) is 15.4. The predicted molar refractivity (Wildman–Crippen MR) is 97.5 cm³/mol. The third-order valence-electron chi connectivity index (χ3n) is 4.78. The van der Waals surface area contributed by atoms with Crippen LogP contribution in [0.25, 0.3) is 0 Å². The molecule has 1 saturated carbocycles. The summed E-state index contributed by atoms with van der Waals surface area (Å²) >= 11 is 5.96. The van der Waals surface area contributed by atoms with Gasteiger partial charge in [-0.2, -0.15) is 0 Å². The number of benzene rings is 1. The number of amides is 1. The van der Waals surface area contributed by atoms with Crippen LogP contribution < -0.4 is 10.6 Å². The van der Waals surface area contributed by atoms with Gasteiger partial charge in [-0.1, -0.05) is 30.2 Å². The van der Waals surface area contributed by atoms with Gasteiger partial charge >= 0.3 is 0 Å². The molecule has 126 valence electrons. The summed E-state index contributed by atoms with van der Waals surface area (Å²) in [5.41, 5.74) is 2.83. The van der Waals surface area contributed by atoms with E-state index in [1.54, 1.807) is 6.20 Å². The third kappa shape index (κ3) is 3.39. The maximum atomic E-state index is 12.7. The van der Waals surface area contributed by atoms with Gasteiger partial charge in [-0.3, -0.25) is 9.78 Å². The second-order valence-corrected chi connectivity index (χ2v) is 6.75. The molecule has 0 unspecified atom stereocenters. The average Bonchev–Trinajstić information content (AvgIpc) is 2.54. The molecule has 24 heavy (non-hydrogen) atoms. The molecule has 0 bridgehead atoms. The Hall–Kier alpha value is -2.07. The van der Waals surface area contributed by atoms with Crippen molar-refractivity contribution >= 4 is 23.2 Å². The standard InChI is InChI=1S/C19H22ClN3O/c1-14-13-21-10-7-17(14)22-11-12-23-18(24)19(8-2-9-19)15-3-5-16(20)6-4-15/h3-7,10,13H,2,8-9,11-12H2,1H3,(H,21,22)(H,23,24). The Balaban J connectivity index is 1.56. The minimum Gasteiger partial charge on any atom is -0.383 e. The number of anilines is 1. The molecule has 1 aliphatic carbocycles. The number of pyridine rings is 1. The summed E-state index contributed by atoms with van der Waals surface area (Å²) in [4.78, 5) is 16.8. The number of nitrogens with one attached hydrogen (secondary N) is 2. The van der Waals surface area contributed by atoms with Gasteiger partial charge in [0.2, 0.25) is 5.91 Å². The second kappa shape index (κ2) is 7.22. The van der Waals surface area contributed by atoms with Crippen molar-refractivity contribution in [3.8, 4) is 0 Å². The molecule has 1 heterocycles. The van der Waals surface area contributed by atoms with E-state index >= 15 is 0 Å². The van der Waals surface area contributed by atoms with Crippen LogP contribution in [0.2, 0.25) is 5.02 Å². The van der Waals surface area contributed by atoms with E-state index in [1.165, 1.54) is 0 Å². The highest BCUT2D eigenvalue weighted by atomic mass is 35.5. The molecule has 1 aromatic carbocycles.